The van der Waals surface area contributed by atoms with Gasteiger partial charge >= 0.3 is 0 Å². The first-order chi connectivity index (χ1) is 40.4. The number of rotatable bonds is 12. The van der Waals surface area contributed by atoms with Gasteiger partial charge in [-0.15, -0.1) is 0 Å². The quantitative estimate of drug-likeness (QED) is 0.114. The van der Waals surface area contributed by atoms with Gasteiger partial charge in [0.2, 0.25) is 0 Å². The predicted octanol–water partition coefficient (Wildman–Crippen LogP) is 21.2. The zero-order valence-electron chi connectivity index (χ0n) is 48.5. The normalized spacial score (nSPS) is 12.1. The molecule has 10 aromatic carbocycles. The number of aromatic nitrogens is 5. The first-order valence-electron chi connectivity index (χ1n) is 29.3. The zero-order chi connectivity index (χ0) is 56.8. The third-order valence-electron chi connectivity index (χ3n) is 16.7. The number of hydrogen-bond acceptors (Lipinski definition) is 5. The number of pyridine rings is 1. The Kier molecular flexibility index (Phi) is 12.7. The molecule has 7 nitrogen and oxygen atoms in total. The van der Waals surface area contributed by atoms with E-state index in [1.54, 1.807) is 0 Å². The summed E-state index contributed by atoms with van der Waals surface area (Å²) in [7, 11) is 0. The van der Waals surface area contributed by atoms with Gasteiger partial charge in [0.05, 0.1) is 50.2 Å². The van der Waals surface area contributed by atoms with E-state index in [4.69, 9.17) is 24.1 Å². The summed E-state index contributed by atoms with van der Waals surface area (Å²) in [6.07, 6.45) is 0. The first kappa shape index (κ1) is 51.5. The van der Waals surface area contributed by atoms with Crippen molar-refractivity contribution < 1.29 is 9.15 Å². The SMILES string of the molecule is Cc1nc2ccc3ccccc3c2c2c1oc1c(-c3nc4ccccc4n3-c3c(C(C)C)cc(-c4ccccc4)cc3C(C)C)cc(Oc3cccc(-c4nc5ccccc5n4-c4c(C(C)C)cc(-c5ccccc5)cc4C(C)C)c3)cc12. The largest absolute Gasteiger partial charge is 0.457 e. The van der Waals surface area contributed by atoms with Crippen molar-refractivity contribution in [2.75, 3.05) is 0 Å². The van der Waals surface area contributed by atoms with Crippen LogP contribution in [-0.4, -0.2) is 24.1 Å². The Bertz CT molecular complexity index is 4790. The standard InChI is InChI=1S/C76H65N5O2/c1-44(2)58-38-53(49-23-12-10-13-24-49)39-59(45(3)4)71(58)80-67-33-20-18-31-64(67)78-75(80)52-28-22-29-55(37-52)82-56-42-62-70-69-57-30-17-16-27-51(57)35-36-66(69)77-48(9)73(70)83-74(62)63(43-56)76-79-65-32-19-21-34-68(65)81(76)72-60(46(5)6)40-54(41-61(72)47(7)8)50-25-14-11-15-26-50/h10-47H,1-9H3. The Morgan fingerprint density at radius 3 is 1.46 bits per heavy atom. The highest BCUT2D eigenvalue weighted by Gasteiger charge is 2.29. The summed E-state index contributed by atoms with van der Waals surface area (Å²) in [6, 6.07) is 73.6. The van der Waals surface area contributed by atoms with Crippen molar-refractivity contribution in [3.8, 4) is 67.9 Å². The summed E-state index contributed by atoms with van der Waals surface area (Å²) in [5.74, 6) is 3.74. The molecule has 0 spiro atoms. The molecule has 0 radical (unpaired) electrons. The lowest BCUT2D eigenvalue weighted by atomic mass is 9.88. The molecule has 83 heavy (non-hydrogen) atoms. The Morgan fingerprint density at radius 2 is 0.880 bits per heavy atom. The van der Waals surface area contributed by atoms with Gasteiger partial charge in [-0.05, 0) is 165 Å². The summed E-state index contributed by atoms with van der Waals surface area (Å²) < 4.78 is 19.5. The van der Waals surface area contributed by atoms with Crippen LogP contribution in [0.5, 0.6) is 11.5 Å². The Balaban J connectivity index is 1.01. The molecular formula is C76H65N5O2. The lowest BCUT2D eigenvalue weighted by molar-refractivity contribution is 0.483. The Morgan fingerprint density at radius 1 is 0.373 bits per heavy atom. The maximum atomic E-state index is 7.34. The van der Waals surface area contributed by atoms with Gasteiger partial charge in [0.1, 0.15) is 28.7 Å². The van der Waals surface area contributed by atoms with E-state index in [2.05, 4.69) is 272 Å². The maximum absolute atomic E-state index is 7.34. The topological polar surface area (TPSA) is 70.9 Å². The second kappa shape index (κ2) is 20.4. The summed E-state index contributed by atoms with van der Waals surface area (Å²) in [5, 5.41) is 5.20. The van der Waals surface area contributed by atoms with E-state index in [1.165, 1.54) is 50.2 Å². The average molecular weight is 1080 g/mol. The van der Waals surface area contributed by atoms with Crippen LogP contribution in [0.25, 0.3) is 122 Å². The van der Waals surface area contributed by atoms with Crippen molar-refractivity contribution in [2.45, 2.75) is 86.0 Å². The van der Waals surface area contributed by atoms with Crippen molar-refractivity contribution in [1.82, 2.24) is 24.1 Å². The number of aryl methyl sites for hydroxylation is 1. The van der Waals surface area contributed by atoms with Gasteiger partial charge in [0, 0.05) is 21.7 Å². The number of nitrogens with zero attached hydrogens (tertiary/aromatic N) is 5. The molecule has 0 N–H and O–H groups in total. The van der Waals surface area contributed by atoms with Crippen molar-refractivity contribution in [3.05, 3.63) is 234 Å². The molecule has 0 atom stereocenters. The lowest BCUT2D eigenvalue weighted by Crippen LogP contribution is -2.09. The van der Waals surface area contributed by atoms with E-state index in [1.807, 2.05) is 6.07 Å². The molecule has 406 valence electrons. The molecule has 0 saturated heterocycles. The first-order valence-corrected chi connectivity index (χ1v) is 29.3. The number of para-hydroxylation sites is 4. The van der Waals surface area contributed by atoms with Crippen LogP contribution >= 0.6 is 0 Å². The summed E-state index contributed by atoms with van der Waals surface area (Å²) in [4.78, 5) is 16.3. The van der Waals surface area contributed by atoms with Crippen LogP contribution in [-0.2, 0) is 0 Å². The molecule has 7 heteroatoms. The van der Waals surface area contributed by atoms with Crippen LogP contribution in [0.4, 0.5) is 0 Å². The van der Waals surface area contributed by atoms with Gasteiger partial charge in [-0.1, -0.05) is 183 Å². The molecular weight excluding hydrogens is 1010 g/mol. The van der Waals surface area contributed by atoms with Gasteiger partial charge in [0.15, 0.2) is 5.58 Å². The Hall–Kier alpha value is -9.59. The predicted molar refractivity (Wildman–Crippen MR) is 345 cm³/mol. The number of imidazole rings is 2. The van der Waals surface area contributed by atoms with Crippen molar-refractivity contribution >= 4 is 65.7 Å². The van der Waals surface area contributed by atoms with Crippen molar-refractivity contribution in [3.63, 3.8) is 0 Å². The Labute approximate surface area is 484 Å². The van der Waals surface area contributed by atoms with Crippen LogP contribution in [0.3, 0.4) is 0 Å². The smallest absolute Gasteiger partial charge is 0.157 e. The van der Waals surface area contributed by atoms with Gasteiger partial charge < -0.3 is 9.15 Å². The molecule has 0 bridgehead atoms. The molecule has 14 aromatic rings. The van der Waals surface area contributed by atoms with Crippen LogP contribution in [0.15, 0.2) is 211 Å². The molecule has 0 saturated carbocycles. The minimum absolute atomic E-state index is 0.178. The fraction of sp³-hybridized carbons (Fsp3) is 0.171. The van der Waals surface area contributed by atoms with Gasteiger partial charge in [-0.3, -0.25) is 9.13 Å². The van der Waals surface area contributed by atoms with Gasteiger partial charge in [-0.2, -0.15) is 0 Å². The molecule has 14 rings (SSSR count). The summed E-state index contributed by atoms with van der Waals surface area (Å²) in [5.41, 5.74) is 20.9. The highest BCUT2D eigenvalue weighted by Crippen LogP contribution is 2.48. The highest BCUT2D eigenvalue weighted by atomic mass is 16.5. The van der Waals surface area contributed by atoms with Crippen molar-refractivity contribution in [2.24, 2.45) is 0 Å². The average Bonchev–Trinajstić information content (AvgIpc) is 4.41. The minimum Gasteiger partial charge on any atom is -0.457 e. The van der Waals surface area contributed by atoms with Crippen LogP contribution in [0.2, 0.25) is 0 Å². The lowest BCUT2D eigenvalue weighted by Gasteiger charge is -2.24. The fourth-order valence-corrected chi connectivity index (χ4v) is 12.7. The van der Waals surface area contributed by atoms with Gasteiger partial charge in [-0.25, -0.2) is 15.0 Å². The number of benzene rings is 10. The van der Waals surface area contributed by atoms with E-state index in [9.17, 15) is 0 Å². The number of hydrogen-bond donors (Lipinski definition) is 0. The van der Waals surface area contributed by atoms with Crippen molar-refractivity contribution in [1.29, 1.82) is 0 Å². The molecule has 0 fully saturated rings. The number of ether oxygens (including phenoxy) is 1. The van der Waals surface area contributed by atoms with Crippen LogP contribution in [0.1, 0.15) is 107 Å². The van der Waals surface area contributed by atoms with E-state index in [-0.39, 0.29) is 23.7 Å². The third kappa shape index (κ3) is 8.76. The second-order valence-corrected chi connectivity index (χ2v) is 23.5. The van der Waals surface area contributed by atoms with Gasteiger partial charge in [0.25, 0.3) is 0 Å². The molecule has 0 unspecified atom stereocenters. The molecule has 4 aromatic heterocycles. The molecule has 0 aliphatic rings. The summed E-state index contributed by atoms with van der Waals surface area (Å²) >= 11 is 0. The molecule has 0 aliphatic carbocycles. The van der Waals surface area contributed by atoms with E-state index in [0.717, 1.165) is 99.8 Å². The third-order valence-corrected chi connectivity index (χ3v) is 16.7. The minimum atomic E-state index is 0.178. The van der Waals surface area contributed by atoms with E-state index >= 15 is 0 Å². The molecule has 4 heterocycles. The monoisotopic (exact) mass is 1080 g/mol. The van der Waals surface area contributed by atoms with Crippen LogP contribution < -0.4 is 4.74 Å². The number of furan rings is 1. The second-order valence-electron chi connectivity index (χ2n) is 23.5. The molecule has 0 aliphatic heterocycles. The number of fused-ring (bicyclic) bond motifs is 9. The summed E-state index contributed by atoms with van der Waals surface area (Å²) in [6.45, 7) is 20.4. The fourth-order valence-electron chi connectivity index (χ4n) is 12.7. The van der Waals surface area contributed by atoms with E-state index < -0.39 is 0 Å². The van der Waals surface area contributed by atoms with Crippen LogP contribution in [0, 0.1) is 6.92 Å². The molecule has 0 amide bonds. The highest BCUT2D eigenvalue weighted by molar-refractivity contribution is 6.27. The van der Waals surface area contributed by atoms with E-state index in [0.29, 0.717) is 11.5 Å². The zero-order valence-corrected chi connectivity index (χ0v) is 48.5. The maximum Gasteiger partial charge on any atom is 0.157 e.